The molecule has 0 bridgehead atoms. The van der Waals surface area contributed by atoms with Crippen molar-refractivity contribution in [1.29, 1.82) is 0 Å². The lowest BCUT2D eigenvalue weighted by Crippen LogP contribution is -2.41. The molecule has 0 unspecified atom stereocenters. The van der Waals surface area contributed by atoms with Crippen molar-refractivity contribution in [1.82, 2.24) is 10.2 Å². The highest BCUT2D eigenvalue weighted by Crippen LogP contribution is 2.49. The zero-order chi connectivity index (χ0) is 16.5. The minimum absolute atomic E-state index is 0.402. The Bertz CT molecular complexity index is 365. The number of ether oxygens (including phenoxy) is 2. The van der Waals surface area contributed by atoms with Crippen molar-refractivity contribution in [3.8, 4) is 0 Å². The van der Waals surface area contributed by atoms with Gasteiger partial charge < -0.3 is 19.7 Å². The van der Waals surface area contributed by atoms with E-state index in [9.17, 15) is 0 Å². The molecule has 0 saturated heterocycles. The summed E-state index contributed by atoms with van der Waals surface area (Å²) in [5.74, 6) is 1.84. The second-order valence-corrected chi connectivity index (χ2v) is 7.06. The molecule has 2 fully saturated rings. The number of guanidine groups is 1. The first kappa shape index (κ1) is 18.5. The molecule has 5 heteroatoms. The summed E-state index contributed by atoms with van der Waals surface area (Å²) in [4.78, 5) is 7.06. The van der Waals surface area contributed by atoms with E-state index in [1.165, 1.54) is 25.7 Å². The molecule has 0 heterocycles. The van der Waals surface area contributed by atoms with E-state index in [0.717, 1.165) is 64.4 Å². The van der Waals surface area contributed by atoms with Crippen LogP contribution < -0.4 is 5.32 Å². The summed E-state index contributed by atoms with van der Waals surface area (Å²) in [6.07, 6.45) is 6.42. The zero-order valence-corrected chi connectivity index (χ0v) is 15.3. The van der Waals surface area contributed by atoms with Crippen LogP contribution in [0.3, 0.4) is 0 Å². The Kier molecular flexibility index (Phi) is 7.63. The van der Waals surface area contributed by atoms with E-state index >= 15 is 0 Å². The molecular weight excluding hydrogens is 290 g/mol. The summed E-state index contributed by atoms with van der Waals surface area (Å²) in [5, 5.41) is 3.40. The maximum atomic E-state index is 5.74. The van der Waals surface area contributed by atoms with E-state index in [0.29, 0.717) is 5.41 Å². The highest BCUT2D eigenvalue weighted by atomic mass is 16.5. The largest absolute Gasteiger partial charge is 0.382 e. The predicted octanol–water partition coefficient (Wildman–Crippen LogP) is 2.52. The molecule has 0 amide bonds. The summed E-state index contributed by atoms with van der Waals surface area (Å²) in [5.41, 5.74) is 0.402. The SMILES string of the molecule is CCNC(=NCC1(CCOCC)CC1)N(C)CCOCC1CC1. The van der Waals surface area contributed by atoms with Crippen LogP contribution in [0.5, 0.6) is 0 Å². The Morgan fingerprint density at radius 3 is 2.61 bits per heavy atom. The van der Waals surface area contributed by atoms with Gasteiger partial charge in [0.15, 0.2) is 5.96 Å². The monoisotopic (exact) mass is 325 g/mol. The van der Waals surface area contributed by atoms with Gasteiger partial charge in [-0.15, -0.1) is 0 Å². The number of rotatable bonds is 12. The van der Waals surface area contributed by atoms with Crippen molar-refractivity contribution in [3.05, 3.63) is 0 Å². The van der Waals surface area contributed by atoms with Crippen molar-refractivity contribution in [3.63, 3.8) is 0 Å². The average molecular weight is 325 g/mol. The molecule has 0 aromatic heterocycles. The van der Waals surface area contributed by atoms with E-state index in [1.807, 2.05) is 0 Å². The second kappa shape index (κ2) is 9.48. The summed E-state index contributed by atoms with van der Waals surface area (Å²) in [6.45, 7) is 10.3. The Balaban J connectivity index is 1.71. The first-order valence-electron chi connectivity index (χ1n) is 9.34. The lowest BCUT2D eigenvalue weighted by Gasteiger charge is -2.23. The van der Waals surface area contributed by atoms with E-state index < -0.39 is 0 Å². The van der Waals surface area contributed by atoms with Gasteiger partial charge in [0.25, 0.3) is 0 Å². The van der Waals surface area contributed by atoms with Crippen LogP contribution in [0.2, 0.25) is 0 Å². The summed E-state index contributed by atoms with van der Waals surface area (Å²) in [7, 11) is 2.10. The molecule has 1 N–H and O–H groups in total. The number of aliphatic imine (C=N–C) groups is 1. The van der Waals surface area contributed by atoms with Gasteiger partial charge in [0.1, 0.15) is 0 Å². The Morgan fingerprint density at radius 1 is 1.22 bits per heavy atom. The summed E-state index contributed by atoms with van der Waals surface area (Å²) < 4.78 is 11.2. The van der Waals surface area contributed by atoms with Crippen LogP contribution in [-0.2, 0) is 9.47 Å². The van der Waals surface area contributed by atoms with Gasteiger partial charge >= 0.3 is 0 Å². The minimum Gasteiger partial charge on any atom is -0.382 e. The molecule has 0 aliphatic heterocycles. The van der Waals surface area contributed by atoms with Crippen LogP contribution in [0.25, 0.3) is 0 Å². The van der Waals surface area contributed by atoms with Crippen molar-refractivity contribution in [2.24, 2.45) is 16.3 Å². The fourth-order valence-corrected chi connectivity index (χ4v) is 2.65. The fourth-order valence-electron chi connectivity index (χ4n) is 2.65. The van der Waals surface area contributed by atoms with E-state index in [4.69, 9.17) is 14.5 Å². The maximum Gasteiger partial charge on any atom is 0.193 e. The van der Waals surface area contributed by atoms with Crippen LogP contribution in [-0.4, -0.2) is 64.0 Å². The molecule has 23 heavy (non-hydrogen) atoms. The fraction of sp³-hybridized carbons (Fsp3) is 0.944. The van der Waals surface area contributed by atoms with Crippen LogP contribution in [0, 0.1) is 11.3 Å². The molecule has 5 nitrogen and oxygen atoms in total. The average Bonchev–Trinajstić information content (AvgIpc) is 3.44. The van der Waals surface area contributed by atoms with Crippen LogP contribution in [0.1, 0.15) is 46.0 Å². The molecule has 0 spiro atoms. The van der Waals surface area contributed by atoms with Crippen LogP contribution >= 0.6 is 0 Å². The number of nitrogens with zero attached hydrogens (tertiary/aromatic N) is 2. The second-order valence-electron chi connectivity index (χ2n) is 7.06. The van der Waals surface area contributed by atoms with Crippen molar-refractivity contribution < 1.29 is 9.47 Å². The van der Waals surface area contributed by atoms with Crippen LogP contribution in [0.4, 0.5) is 0 Å². The first-order valence-corrected chi connectivity index (χ1v) is 9.34. The Labute approximate surface area is 141 Å². The number of hydrogen-bond acceptors (Lipinski definition) is 3. The molecule has 2 saturated carbocycles. The topological polar surface area (TPSA) is 46.1 Å². The van der Waals surface area contributed by atoms with Gasteiger partial charge in [0.05, 0.1) is 6.61 Å². The zero-order valence-electron chi connectivity index (χ0n) is 15.3. The molecule has 0 radical (unpaired) electrons. The van der Waals surface area contributed by atoms with Gasteiger partial charge in [-0.2, -0.15) is 0 Å². The predicted molar refractivity (Wildman–Crippen MR) is 94.9 cm³/mol. The van der Waals surface area contributed by atoms with Crippen LogP contribution in [0.15, 0.2) is 4.99 Å². The van der Waals surface area contributed by atoms with Crippen molar-refractivity contribution in [2.45, 2.75) is 46.0 Å². The molecular formula is C18H35N3O2. The third-order valence-corrected chi connectivity index (χ3v) is 4.82. The third-order valence-electron chi connectivity index (χ3n) is 4.82. The summed E-state index contributed by atoms with van der Waals surface area (Å²) >= 11 is 0. The highest BCUT2D eigenvalue weighted by Gasteiger charge is 2.42. The molecule has 2 aliphatic carbocycles. The number of likely N-dealkylation sites (N-methyl/N-ethyl adjacent to an activating group) is 1. The van der Waals surface area contributed by atoms with E-state index in [1.54, 1.807) is 0 Å². The first-order chi connectivity index (χ1) is 11.2. The lowest BCUT2D eigenvalue weighted by molar-refractivity contribution is 0.115. The molecule has 0 atom stereocenters. The van der Waals surface area contributed by atoms with Gasteiger partial charge in [0, 0.05) is 46.5 Å². The Hall–Kier alpha value is -0.810. The van der Waals surface area contributed by atoms with Gasteiger partial charge in [0.2, 0.25) is 0 Å². The molecule has 134 valence electrons. The van der Waals surface area contributed by atoms with Gasteiger partial charge in [-0.1, -0.05) is 0 Å². The van der Waals surface area contributed by atoms with Gasteiger partial charge in [-0.25, -0.2) is 0 Å². The van der Waals surface area contributed by atoms with Crippen molar-refractivity contribution >= 4 is 5.96 Å². The maximum absolute atomic E-state index is 5.74. The number of hydrogen-bond donors (Lipinski definition) is 1. The normalized spacial score (nSPS) is 19.7. The quantitative estimate of drug-likeness (QED) is 0.340. The Morgan fingerprint density at radius 2 is 2.00 bits per heavy atom. The third kappa shape index (κ3) is 7.08. The van der Waals surface area contributed by atoms with E-state index in [2.05, 4.69) is 31.1 Å². The van der Waals surface area contributed by atoms with Crippen molar-refractivity contribution in [2.75, 3.05) is 53.1 Å². The molecule has 0 aromatic carbocycles. The standard InChI is InChI=1S/C18H35N3O2/c1-4-19-17(21(3)11-13-23-14-16-6-7-16)20-15-18(8-9-18)10-12-22-5-2/h16H,4-15H2,1-3H3,(H,19,20). The van der Waals surface area contributed by atoms with Gasteiger partial charge in [-0.3, -0.25) is 4.99 Å². The van der Waals surface area contributed by atoms with E-state index in [-0.39, 0.29) is 0 Å². The van der Waals surface area contributed by atoms with Gasteiger partial charge in [-0.05, 0) is 57.3 Å². The smallest absolute Gasteiger partial charge is 0.193 e. The molecule has 2 rings (SSSR count). The lowest BCUT2D eigenvalue weighted by atomic mass is 10.0. The highest BCUT2D eigenvalue weighted by molar-refractivity contribution is 5.79. The molecule has 0 aromatic rings. The molecule has 2 aliphatic rings. The summed E-state index contributed by atoms with van der Waals surface area (Å²) in [6, 6.07) is 0. The number of nitrogens with one attached hydrogen (secondary N) is 1. The minimum atomic E-state index is 0.402.